The Hall–Kier alpha value is -2.62. The SMILES string of the molecule is CCCCCCc1ccc(OCCN(C)c2ncnc3ccccc23)c(C)c1. The van der Waals surface area contributed by atoms with E-state index in [1.807, 2.05) is 25.2 Å². The fourth-order valence-electron chi connectivity index (χ4n) is 3.48. The molecule has 2 aromatic carbocycles. The van der Waals surface area contributed by atoms with E-state index in [9.17, 15) is 0 Å². The van der Waals surface area contributed by atoms with Gasteiger partial charge >= 0.3 is 0 Å². The van der Waals surface area contributed by atoms with Gasteiger partial charge in [-0.05, 0) is 49.1 Å². The molecule has 28 heavy (non-hydrogen) atoms. The molecule has 0 amide bonds. The van der Waals surface area contributed by atoms with Gasteiger partial charge in [0.05, 0.1) is 12.1 Å². The Morgan fingerprint density at radius 2 is 1.86 bits per heavy atom. The predicted octanol–water partition coefficient (Wildman–Crippen LogP) is 5.58. The Bertz CT molecular complexity index is 889. The van der Waals surface area contributed by atoms with Crippen LogP contribution < -0.4 is 9.64 Å². The highest BCUT2D eigenvalue weighted by molar-refractivity contribution is 5.89. The Labute approximate surface area is 168 Å². The highest BCUT2D eigenvalue weighted by atomic mass is 16.5. The van der Waals surface area contributed by atoms with Crippen LogP contribution in [0.4, 0.5) is 5.82 Å². The Balaban J connectivity index is 1.54. The molecule has 0 N–H and O–H groups in total. The third-order valence-electron chi connectivity index (χ3n) is 5.13. The number of anilines is 1. The quantitative estimate of drug-likeness (QED) is 0.433. The van der Waals surface area contributed by atoms with Crippen LogP contribution in [0.3, 0.4) is 0 Å². The highest BCUT2D eigenvalue weighted by Crippen LogP contribution is 2.23. The second kappa shape index (κ2) is 10.1. The largest absolute Gasteiger partial charge is 0.491 e. The third-order valence-corrected chi connectivity index (χ3v) is 5.13. The minimum atomic E-state index is 0.617. The van der Waals surface area contributed by atoms with Gasteiger partial charge in [0.25, 0.3) is 0 Å². The fraction of sp³-hybridized carbons (Fsp3) is 0.417. The average molecular weight is 378 g/mol. The first kappa shape index (κ1) is 20.1. The van der Waals surface area contributed by atoms with Gasteiger partial charge in [-0.3, -0.25) is 0 Å². The van der Waals surface area contributed by atoms with E-state index in [4.69, 9.17) is 4.74 Å². The molecule has 1 aromatic heterocycles. The molecule has 0 atom stereocenters. The van der Waals surface area contributed by atoms with E-state index in [0.29, 0.717) is 6.61 Å². The molecule has 0 saturated heterocycles. The Kier molecular flexibility index (Phi) is 7.24. The van der Waals surface area contributed by atoms with Crippen molar-refractivity contribution in [1.29, 1.82) is 0 Å². The van der Waals surface area contributed by atoms with Crippen molar-refractivity contribution in [2.75, 3.05) is 25.1 Å². The summed E-state index contributed by atoms with van der Waals surface area (Å²) in [6.07, 6.45) is 7.98. The van der Waals surface area contributed by atoms with Crippen molar-refractivity contribution in [2.24, 2.45) is 0 Å². The number of hydrogen-bond donors (Lipinski definition) is 0. The van der Waals surface area contributed by atoms with Gasteiger partial charge in [0, 0.05) is 12.4 Å². The molecule has 148 valence electrons. The maximum absolute atomic E-state index is 6.05. The molecule has 0 unspecified atom stereocenters. The van der Waals surface area contributed by atoms with E-state index in [0.717, 1.165) is 35.4 Å². The van der Waals surface area contributed by atoms with Crippen molar-refractivity contribution in [3.05, 3.63) is 59.9 Å². The second-order valence-electron chi connectivity index (χ2n) is 7.39. The number of nitrogens with zero attached hydrogens (tertiary/aromatic N) is 3. The lowest BCUT2D eigenvalue weighted by Crippen LogP contribution is -2.25. The van der Waals surface area contributed by atoms with Crippen LogP contribution in [0.25, 0.3) is 10.9 Å². The van der Waals surface area contributed by atoms with E-state index >= 15 is 0 Å². The summed E-state index contributed by atoms with van der Waals surface area (Å²) in [6.45, 7) is 5.76. The monoisotopic (exact) mass is 377 g/mol. The molecule has 0 spiro atoms. The summed E-state index contributed by atoms with van der Waals surface area (Å²) in [5.41, 5.74) is 3.58. The van der Waals surface area contributed by atoms with Crippen LogP contribution in [0.2, 0.25) is 0 Å². The van der Waals surface area contributed by atoms with Crippen LogP contribution >= 0.6 is 0 Å². The number of hydrogen-bond acceptors (Lipinski definition) is 4. The first-order valence-electron chi connectivity index (χ1n) is 10.3. The van der Waals surface area contributed by atoms with Gasteiger partial charge in [0.1, 0.15) is 24.5 Å². The van der Waals surface area contributed by atoms with Crippen LogP contribution in [0.15, 0.2) is 48.8 Å². The molecule has 0 radical (unpaired) electrons. The second-order valence-corrected chi connectivity index (χ2v) is 7.39. The predicted molar refractivity (Wildman–Crippen MR) is 117 cm³/mol. The average Bonchev–Trinajstić information content (AvgIpc) is 2.72. The summed E-state index contributed by atoms with van der Waals surface area (Å²) in [5, 5.41) is 1.07. The molecule has 0 aliphatic heterocycles. The standard InChI is InChI=1S/C24H31N3O/c1-4-5-6-7-10-20-13-14-23(19(2)17-20)28-16-15-27(3)24-21-11-8-9-12-22(21)25-18-26-24/h8-9,11-14,17-18H,4-7,10,15-16H2,1-3H3. The molecule has 0 aliphatic carbocycles. The van der Waals surface area contributed by atoms with Crippen molar-refractivity contribution >= 4 is 16.7 Å². The molecule has 0 fully saturated rings. The van der Waals surface area contributed by atoms with Gasteiger partial charge in [-0.15, -0.1) is 0 Å². The van der Waals surface area contributed by atoms with Crippen LogP contribution in [-0.2, 0) is 6.42 Å². The first-order chi connectivity index (χ1) is 13.7. The van der Waals surface area contributed by atoms with Gasteiger partial charge in [-0.2, -0.15) is 0 Å². The minimum Gasteiger partial charge on any atom is -0.491 e. The number of rotatable bonds is 10. The van der Waals surface area contributed by atoms with Gasteiger partial charge in [-0.25, -0.2) is 9.97 Å². The van der Waals surface area contributed by atoms with Crippen molar-refractivity contribution in [3.63, 3.8) is 0 Å². The Morgan fingerprint density at radius 3 is 2.68 bits per heavy atom. The minimum absolute atomic E-state index is 0.617. The summed E-state index contributed by atoms with van der Waals surface area (Å²) in [7, 11) is 2.05. The lowest BCUT2D eigenvalue weighted by Gasteiger charge is -2.20. The number of aryl methyl sites for hydroxylation is 2. The molecule has 4 heteroatoms. The van der Waals surface area contributed by atoms with E-state index in [1.165, 1.54) is 36.8 Å². The third kappa shape index (κ3) is 5.22. The smallest absolute Gasteiger partial charge is 0.139 e. The number of aromatic nitrogens is 2. The normalized spacial score (nSPS) is 11.0. The van der Waals surface area contributed by atoms with E-state index in [-0.39, 0.29) is 0 Å². The molecule has 0 saturated carbocycles. The van der Waals surface area contributed by atoms with Crippen molar-refractivity contribution in [1.82, 2.24) is 9.97 Å². The topological polar surface area (TPSA) is 38.2 Å². The summed E-state index contributed by atoms with van der Waals surface area (Å²) < 4.78 is 6.05. The van der Waals surface area contributed by atoms with Crippen LogP contribution in [0.1, 0.15) is 43.7 Å². The van der Waals surface area contributed by atoms with E-state index in [2.05, 4.69) is 53.0 Å². The summed E-state index contributed by atoms with van der Waals surface area (Å²) in [4.78, 5) is 10.9. The van der Waals surface area contributed by atoms with Crippen molar-refractivity contribution in [2.45, 2.75) is 46.0 Å². The lowest BCUT2D eigenvalue weighted by atomic mass is 10.0. The fourth-order valence-corrected chi connectivity index (χ4v) is 3.48. The summed E-state index contributed by atoms with van der Waals surface area (Å²) in [5.74, 6) is 1.91. The number of unbranched alkanes of at least 4 members (excludes halogenated alkanes) is 3. The van der Waals surface area contributed by atoms with Crippen LogP contribution in [-0.4, -0.2) is 30.2 Å². The number of fused-ring (bicyclic) bond motifs is 1. The Morgan fingerprint density at radius 1 is 1.00 bits per heavy atom. The highest BCUT2D eigenvalue weighted by Gasteiger charge is 2.09. The van der Waals surface area contributed by atoms with E-state index < -0.39 is 0 Å². The molecule has 3 rings (SSSR count). The first-order valence-corrected chi connectivity index (χ1v) is 10.3. The molecule has 0 bridgehead atoms. The van der Waals surface area contributed by atoms with Gasteiger partial charge in [0.2, 0.25) is 0 Å². The van der Waals surface area contributed by atoms with Gasteiger partial charge in [-0.1, -0.05) is 50.5 Å². The zero-order chi connectivity index (χ0) is 19.8. The van der Waals surface area contributed by atoms with Gasteiger partial charge < -0.3 is 9.64 Å². The molecule has 3 aromatic rings. The van der Waals surface area contributed by atoms with E-state index in [1.54, 1.807) is 6.33 Å². The van der Waals surface area contributed by atoms with Crippen molar-refractivity contribution < 1.29 is 4.74 Å². The summed E-state index contributed by atoms with van der Waals surface area (Å²) >= 11 is 0. The maximum atomic E-state index is 6.05. The number of likely N-dealkylation sites (N-methyl/N-ethyl adjacent to an activating group) is 1. The maximum Gasteiger partial charge on any atom is 0.139 e. The zero-order valence-corrected chi connectivity index (χ0v) is 17.3. The number of para-hydroxylation sites is 1. The molecule has 4 nitrogen and oxygen atoms in total. The number of benzene rings is 2. The zero-order valence-electron chi connectivity index (χ0n) is 17.3. The molecular formula is C24H31N3O. The lowest BCUT2D eigenvalue weighted by molar-refractivity contribution is 0.323. The van der Waals surface area contributed by atoms with Crippen LogP contribution in [0.5, 0.6) is 5.75 Å². The molecule has 0 aliphatic rings. The van der Waals surface area contributed by atoms with Gasteiger partial charge in [0.15, 0.2) is 0 Å². The summed E-state index contributed by atoms with van der Waals surface area (Å²) in [6, 6.07) is 14.7. The van der Waals surface area contributed by atoms with Crippen LogP contribution in [0, 0.1) is 6.92 Å². The molecule has 1 heterocycles. The van der Waals surface area contributed by atoms with Crippen molar-refractivity contribution in [3.8, 4) is 5.75 Å². The number of ether oxygens (including phenoxy) is 1. The molecular weight excluding hydrogens is 346 g/mol.